The topological polar surface area (TPSA) is 67.1 Å². The lowest BCUT2D eigenvalue weighted by Crippen LogP contribution is -2.38. The number of anilines is 2. The summed E-state index contributed by atoms with van der Waals surface area (Å²) in [6, 6.07) is 2.53. The summed E-state index contributed by atoms with van der Waals surface area (Å²) in [6.07, 6.45) is 2.22. The molecule has 0 aromatic carbocycles. The summed E-state index contributed by atoms with van der Waals surface area (Å²) in [6.45, 7) is 11.9. The van der Waals surface area contributed by atoms with Crippen molar-refractivity contribution in [2.75, 3.05) is 16.9 Å². The van der Waals surface area contributed by atoms with Gasteiger partial charge in [0.05, 0.1) is 0 Å². The van der Waals surface area contributed by atoms with E-state index in [1.165, 1.54) is 0 Å². The van der Waals surface area contributed by atoms with Crippen molar-refractivity contribution in [3.63, 3.8) is 0 Å². The largest absolute Gasteiger partial charge is 0.353 e. The Balaban J connectivity index is 3.11. The van der Waals surface area contributed by atoms with Crippen LogP contribution in [-0.4, -0.2) is 22.6 Å². The van der Waals surface area contributed by atoms with Crippen LogP contribution in [0.4, 0.5) is 11.8 Å². The van der Waals surface area contributed by atoms with E-state index in [1.807, 2.05) is 13.0 Å². The number of nitrogens with one attached hydrogen (secondary N) is 1. The zero-order valence-electron chi connectivity index (χ0n) is 12.8. The Morgan fingerprint density at radius 2 is 1.89 bits per heavy atom. The molecule has 0 radical (unpaired) electrons. The van der Waals surface area contributed by atoms with E-state index >= 15 is 0 Å². The fraction of sp³-hybridized carbons (Fsp3) is 0.714. The molecule has 3 N–H and O–H groups in total. The molecule has 0 atom stereocenters. The van der Waals surface area contributed by atoms with Crippen LogP contribution in [0.15, 0.2) is 6.07 Å². The summed E-state index contributed by atoms with van der Waals surface area (Å²) in [5, 5.41) is 0. The molecule has 0 saturated heterocycles. The summed E-state index contributed by atoms with van der Waals surface area (Å²) < 4.78 is 0. The molecule has 0 fully saturated rings. The van der Waals surface area contributed by atoms with Crippen molar-refractivity contribution in [1.82, 2.24) is 9.97 Å². The second kappa shape index (κ2) is 7.28. The maximum Gasteiger partial charge on any atom is 0.239 e. The van der Waals surface area contributed by atoms with E-state index in [2.05, 4.69) is 48.0 Å². The van der Waals surface area contributed by atoms with Crippen LogP contribution < -0.4 is 16.2 Å². The van der Waals surface area contributed by atoms with Gasteiger partial charge in [0.2, 0.25) is 5.95 Å². The number of nitrogens with zero attached hydrogens (tertiary/aromatic N) is 3. The molecule has 0 saturated carbocycles. The molecule has 0 aliphatic rings. The summed E-state index contributed by atoms with van der Waals surface area (Å²) in [7, 11) is 0. The molecular formula is C14H27N5. The highest BCUT2D eigenvalue weighted by molar-refractivity contribution is 5.45. The van der Waals surface area contributed by atoms with Crippen LogP contribution >= 0.6 is 0 Å². The zero-order valence-corrected chi connectivity index (χ0v) is 12.8. The maximum absolute atomic E-state index is 5.44. The smallest absolute Gasteiger partial charge is 0.239 e. The quantitative estimate of drug-likeness (QED) is 0.586. The molecule has 108 valence electrons. The van der Waals surface area contributed by atoms with Crippen LogP contribution in [-0.2, 0) is 0 Å². The van der Waals surface area contributed by atoms with E-state index in [1.54, 1.807) is 0 Å². The minimum Gasteiger partial charge on any atom is -0.353 e. The number of hydrogen-bond donors (Lipinski definition) is 2. The highest BCUT2D eigenvalue weighted by Crippen LogP contribution is 2.21. The zero-order chi connectivity index (χ0) is 14.4. The van der Waals surface area contributed by atoms with E-state index in [4.69, 9.17) is 5.84 Å². The Labute approximate surface area is 116 Å². The van der Waals surface area contributed by atoms with Gasteiger partial charge in [-0.3, -0.25) is 5.43 Å². The van der Waals surface area contributed by atoms with Crippen LogP contribution in [0.3, 0.4) is 0 Å². The van der Waals surface area contributed by atoms with Crippen molar-refractivity contribution in [2.24, 2.45) is 11.8 Å². The Kier molecular flexibility index (Phi) is 6.02. The molecule has 1 aromatic rings. The molecule has 0 aliphatic heterocycles. The first-order valence-electron chi connectivity index (χ1n) is 7.10. The van der Waals surface area contributed by atoms with Gasteiger partial charge in [-0.1, -0.05) is 27.7 Å². The minimum absolute atomic E-state index is 0.481. The van der Waals surface area contributed by atoms with E-state index < -0.39 is 0 Å². The van der Waals surface area contributed by atoms with Crippen molar-refractivity contribution >= 4 is 11.8 Å². The molecule has 5 heteroatoms. The fourth-order valence-electron chi connectivity index (χ4n) is 2.32. The monoisotopic (exact) mass is 265 g/mol. The Bertz CT molecular complexity index is 387. The van der Waals surface area contributed by atoms with Crippen LogP contribution in [0.2, 0.25) is 0 Å². The molecule has 19 heavy (non-hydrogen) atoms. The highest BCUT2D eigenvalue weighted by atomic mass is 15.3. The molecular weight excluding hydrogens is 238 g/mol. The molecule has 0 spiro atoms. The predicted octanol–water partition coefficient (Wildman–Crippen LogP) is 2.72. The number of hydrogen-bond acceptors (Lipinski definition) is 5. The van der Waals surface area contributed by atoms with Gasteiger partial charge < -0.3 is 4.90 Å². The summed E-state index contributed by atoms with van der Waals surface area (Å²) in [5.74, 6) is 7.47. The molecule has 5 nitrogen and oxygen atoms in total. The SMILES string of the molecule is CCC(CC)N(CC(C)C)c1cc(C)nc(NN)n1. The first kappa shape index (κ1) is 15.7. The van der Waals surface area contributed by atoms with Gasteiger partial charge in [-0.2, -0.15) is 4.98 Å². The standard InChI is InChI=1S/C14H27N5/c1-6-12(7-2)19(9-10(3)4)13-8-11(5)16-14(17-13)18-15/h8,10,12H,6-7,9,15H2,1-5H3,(H,16,17,18). The third-order valence-electron chi connectivity index (χ3n) is 3.21. The van der Waals surface area contributed by atoms with Crippen molar-refractivity contribution in [3.05, 3.63) is 11.8 Å². The van der Waals surface area contributed by atoms with Gasteiger partial charge in [0, 0.05) is 24.3 Å². The Hall–Kier alpha value is -1.36. The Morgan fingerprint density at radius 1 is 1.26 bits per heavy atom. The highest BCUT2D eigenvalue weighted by Gasteiger charge is 2.19. The molecule has 0 unspecified atom stereocenters. The van der Waals surface area contributed by atoms with Crippen LogP contribution in [0.1, 0.15) is 46.2 Å². The Morgan fingerprint density at radius 3 is 2.37 bits per heavy atom. The van der Waals surface area contributed by atoms with Crippen molar-refractivity contribution in [1.29, 1.82) is 0 Å². The molecule has 1 rings (SSSR count). The number of aromatic nitrogens is 2. The van der Waals surface area contributed by atoms with Gasteiger partial charge in [-0.15, -0.1) is 0 Å². The first-order chi connectivity index (χ1) is 9.01. The van der Waals surface area contributed by atoms with Gasteiger partial charge in [0.1, 0.15) is 5.82 Å². The lowest BCUT2D eigenvalue weighted by atomic mass is 10.1. The summed E-state index contributed by atoms with van der Waals surface area (Å²) >= 11 is 0. The van der Waals surface area contributed by atoms with Gasteiger partial charge in [-0.05, 0) is 25.7 Å². The lowest BCUT2D eigenvalue weighted by Gasteiger charge is -2.33. The average Bonchev–Trinajstić information content (AvgIpc) is 2.37. The van der Waals surface area contributed by atoms with Crippen molar-refractivity contribution in [2.45, 2.75) is 53.5 Å². The van der Waals surface area contributed by atoms with Crippen molar-refractivity contribution in [3.8, 4) is 0 Å². The van der Waals surface area contributed by atoms with E-state index in [0.717, 1.165) is 30.9 Å². The minimum atomic E-state index is 0.481. The van der Waals surface area contributed by atoms with Gasteiger partial charge in [-0.25, -0.2) is 10.8 Å². The summed E-state index contributed by atoms with van der Waals surface area (Å²) in [5.41, 5.74) is 3.47. The van der Waals surface area contributed by atoms with Crippen LogP contribution in [0.5, 0.6) is 0 Å². The normalized spacial score (nSPS) is 11.2. The number of hydrazine groups is 1. The third kappa shape index (κ3) is 4.35. The van der Waals surface area contributed by atoms with E-state index in [-0.39, 0.29) is 0 Å². The molecule has 0 bridgehead atoms. The molecule has 1 heterocycles. The van der Waals surface area contributed by atoms with Crippen LogP contribution in [0.25, 0.3) is 0 Å². The number of nitrogens with two attached hydrogens (primary N) is 1. The van der Waals surface area contributed by atoms with Crippen LogP contribution in [0, 0.1) is 12.8 Å². The first-order valence-corrected chi connectivity index (χ1v) is 7.10. The second-order valence-corrected chi connectivity index (χ2v) is 5.35. The van der Waals surface area contributed by atoms with Gasteiger partial charge in [0.15, 0.2) is 0 Å². The van der Waals surface area contributed by atoms with E-state index in [9.17, 15) is 0 Å². The third-order valence-corrected chi connectivity index (χ3v) is 3.21. The van der Waals surface area contributed by atoms with Crippen molar-refractivity contribution < 1.29 is 0 Å². The van der Waals surface area contributed by atoms with E-state index in [0.29, 0.717) is 17.9 Å². The number of aryl methyl sites for hydroxylation is 1. The average molecular weight is 265 g/mol. The molecule has 1 aromatic heterocycles. The molecule has 0 amide bonds. The van der Waals surface area contributed by atoms with Gasteiger partial charge in [0.25, 0.3) is 0 Å². The number of nitrogen functional groups attached to an aromatic ring is 1. The molecule has 0 aliphatic carbocycles. The summed E-state index contributed by atoms with van der Waals surface area (Å²) in [4.78, 5) is 11.1. The lowest BCUT2D eigenvalue weighted by molar-refractivity contribution is 0.503. The number of rotatable bonds is 7. The predicted molar refractivity (Wildman–Crippen MR) is 81.1 cm³/mol. The fourth-order valence-corrected chi connectivity index (χ4v) is 2.32. The maximum atomic E-state index is 5.44. The second-order valence-electron chi connectivity index (χ2n) is 5.35. The van der Waals surface area contributed by atoms with Gasteiger partial charge >= 0.3 is 0 Å².